The molecule has 0 spiro atoms. The highest BCUT2D eigenvalue weighted by atomic mass is 32.1. The fraction of sp³-hybridized carbons (Fsp3) is 0.786. The summed E-state index contributed by atoms with van der Waals surface area (Å²) < 4.78 is 15.4. The number of ether oxygens (including phenoxy) is 3. The Kier molecular flexibility index (Phi) is 9.53. The molecule has 0 aromatic carbocycles. The second kappa shape index (κ2) is 10.9. The van der Waals surface area contributed by atoms with E-state index in [-0.39, 0.29) is 0 Å². The largest absolute Gasteiger partial charge is 0.383 e. The van der Waals surface area contributed by atoms with Crippen LogP contribution in [-0.4, -0.2) is 65.8 Å². The standard InChI is InChI=1S/C14H27N3O3S/c1-12-13(11-15-5-8-18-2)21-14(16-12)17(6-9-19-3)7-10-20-4/h15H,5-11H2,1-4H3. The molecule has 21 heavy (non-hydrogen) atoms. The fourth-order valence-corrected chi connectivity index (χ4v) is 2.88. The molecule has 0 aliphatic carbocycles. The van der Waals surface area contributed by atoms with Crippen LogP contribution in [-0.2, 0) is 20.8 Å². The molecule has 0 fully saturated rings. The summed E-state index contributed by atoms with van der Waals surface area (Å²) in [5, 5.41) is 4.39. The molecular weight excluding hydrogens is 290 g/mol. The van der Waals surface area contributed by atoms with E-state index in [2.05, 4.69) is 22.1 Å². The van der Waals surface area contributed by atoms with E-state index < -0.39 is 0 Å². The van der Waals surface area contributed by atoms with Crippen molar-refractivity contribution < 1.29 is 14.2 Å². The zero-order chi connectivity index (χ0) is 15.5. The van der Waals surface area contributed by atoms with E-state index in [1.807, 2.05) is 0 Å². The molecule has 0 aliphatic rings. The number of hydrogen-bond acceptors (Lipinski definition) is 7. The molecule has 0 unspecified atom stereocenters. The molecule has 7 heteroatoms. The van der Waals surface area contributed by atoms with Crippen LogP contribution in [0.2, 0.25) is 0 Å². The first-order chi connectivity index (χ1) is 10.2. The summed E-state index contributed by atoms with van der Waals surface area (Å²) in [6, 6.07) is 0. The highest BCUT2D eigenvalue weighted by Crippen LogP contribution is 2.25. The Morgan fingerprint density at radius 2 is 1.67 bits per heavy atom. The molecule has 1 rings (SSSR count). The molecule has 0 bridgehead atoms. The average molecular weight is 317 g/mol. The third kappa shape index (κ3) is 6.71. The van der Waals surface area contributed by atoms with Gasteiger partial charge < -0.3 is 24.4 Å². The van der Waals surface area contributed by atoms with Gasteiger partial charge in [0.2, 0.25) is 0 Å². The lowest BCUT2D eigenvalue weighted by atomic mass is 10.4. The van der Waals surface area contributed by atoms with Gasteiger partial charge in [-0.1, -0.05) is 0 Å². The van der Waals surface area contributed by atoms with E-state index in [1.54, 1.807) is 32.7 Å². The maximum atomic E-state index is 5.17. The number of hydrogen-bond donors (Lipinski definition) is 1. The molecule has 0 atom stereocenters. The molecule has 1 heterocycles. The number of aryl methyl sites for hydroxylation is 1. The number of anilines is 1. The van der Waals surface area contributed by atoms with Gasteiger partial charge in [0.25, 0.3) is 0 Å². The zero-order valence-corrected chi connectivity index (χ0v) is 14.3. The van der Waals surface area contributed by atoms with Gasteiger partial charge in [-0.25, -0.2) is 4.98 Å². The maximum absolute atomic E-state index is 5.17. The third-order valence-corrected chi connectivity index (χ3v) is 4.27. The Morgan fingerprint density at radius 3 is 2.24 bits per heavy atom. The number of thiazole rings is 1. The lowest BCUT2D eigenvalue weighted by Gasteiger charge is -2.20. The maximum Gasteiger partial charge on any atom is 0.185 e. The molecule has 1 aromatic rings. The molecule has 122 valence electrons. The van der Waals surface area contributed by atoms with Crippen molar-refractivity contribution >= 4 is 16.5 Å². The summed E-state index contributed by atoms with van der Waals surface area (Å²) >= 11 is 1.73. The molecule has 6 nitrogen and oxygen atoms in total. The number of nitrogens with one attached hydrogen (secondary N) is 1. The van der Waals surface area contributed by atoms with Crippen LogP contribution in [0, 0.1) is 6.92 Å². The molecule has 1 N–H and O–H groups in total. The van der Waals surface area contributed by atoms with Crippen LogP contribution in [0.4, 0.5) is 5.13 Å². The topological polar surface area (TPSA) is 55.9 Å². The van der Waals surface area contributed by atoms with Crippen LogP contribution in [0.25, 0.3) is 0 Å². The van der Waals surface area contributed by atoms with Crippen molar-refractivity contribution in [1.29, 1.82) is 0 Å². The summed E-state index contributed by atoms with van der Waals surface area (Å²) in [4.78, 5) is 8.15. The van der Waals surface area contributed by atoms with Gasteiger partial charge in [0, 0.05) is 52.4 Å². The van der Waals surface area contributed by atoms with Gasteiger partial charge in [0.1, 0.15) is 0 Å². The van der Waals surface area contributed by atoms with E-state index >= 15 is 0 Å². The Morgan fingerprint density at radius 1 is 1.05 bits per heavy atom. The Balaban J connectivity index is 2.61. The van der Waals surface area contributed by atoms with Crippen molar-refractivity contribution in [3.8, 4) is 0 Å². The first kappa shape index (κ1) is 18.3. The summed E-state index contributed by atoms with van der Waals surface area (Å²) in [6.07, 6.45) is 0. The van der Waals surface area contributed by atoms with Gasteiger partial charge in [-0.3, -0.25) is 0 Å². The molecule has 0 saturated heterocycles. The zero-order valence-electron chi connectivity index (χ0n) is 13.5. The monoisotopic (exact) mass is 317 g/mol. The highest BCUT2D eigenvalue weighted by Gasteiger charge is 2.13. The van der Waals surface area contributed by atoms with Crippen molar-refractivity contribution in [1.82, 2.24) is 10.3 Å². The summed E-state index contributed by atoms with van der Waals surface area (Å²) in [7, 11) is 5.14. The van der Waals surface area contributed by atoms with Crippen molar-refractivity contribution in [3.63, 3.8) is 0 Å². The summed E-state index contributed by atoms with van der Waals surface area (Å²) in [5.74, 6) is 0. The Labute approximate surface area is 131 Å². The smallest absolute Gasteiger partial charge is 0.185 e. The van der Waals surface area contributed by atoms with E-state index in [0.29, 0.717) is 13.2 Å². The first-order valence-electron chi connectivity index (χ1n) is 7.11. The highest BCUT2D eigenvalue weighted by molar-refractivity contribution is 7.15. The predicted octanol–water partition coefficient (Wildman–Crippen LogP) is 1.29. The Hall–Kier alpha value is -0.730. The molecule has 0 radical (unpaired) electrons. The van der Waals surface area contributed by atoms with E-state index in [0.717, 1.165) is 43.6 Å². The number of nitrogens with zero attached hydrogens (tertiary/aromatic N) is 2. The number of rotatable bonds is 12. The van der Waals surface area contributed by atoms with Gasteiger partial charge in [0.05, 0.1) is 25.5 Å². The number of aromatic nitrogens is 1. The van der Waals surface area contributed by atoms with Crippen LogP contribution in [0.15, 0.2) is 0 Å². The summed E-state index contributed by atoms with van der Waals surface area (Å²) in [6.45, 7) is 7.46. The SMILES string of the molecule is COCCNCc1sc(N(CCOC)CCOC)nc1C. The van der Waals surface area contributed by atoms with Crippen molar-refractivity contribution in [2.75, 3.05) is 65.7 Å². The van der Waals surface area contributed by atoms with Gasteiger partial charge in [-0.05, 0) is 6.92 Å². The van der Waals surface area contributed by atoms with Gasteiger partial charge in [-0.15, -0.1) is 11.3 Å². The second-order valence-corrected chi connectivity index (χ2v) is 5.71. The van der Waals surface area contributed by atoms with Crippen molar-refractivity contribution in [2.24, 2.45) is 0 Å². The van der Waals surface area contributed by atoms with Crippen molar-refractivity contribution in [3.05, 3.63) is 10.6 Å². The fourth-order valence-electron chi connectivity index (χ4n) is 1.79. The number of methoxy groups -OCH3 is 3. The van der Waals surface area contributed by atoms with E-state index in [1.165, 1.54) is 4.88 Å². The minimum Gasteiger partial charge on any atom is -0.383 e. The van der Waals surface area contributed by atoms with E-state index in [9.17, 15) is 0 Å². The lowest BCUT2D eigenvalue weighted by Crippen LogP contribution is -2.30. The molecule has 0 aliphatic heterocycles. The van der Waals surface area contributed by atoms with Crippen LogP contribution in [0.5, 0.6) is 0 Å². The van der Waals surface area contributed by atoms with Gasteiger partial charge in [-0.2, -0.15) is 0 Å². The molecule has 0 amide bonds. The average Bonchev–Trinajstić information content (AvgIpc) is 2.85. The summed E-state index contributed by atoms with van der Waals surface area (Å²) in [5.41, 5.74) is 1.08. The molecule has 1 aromatic heterocycles. The van der Waals surface area contributed by atoms with Crippen LogP contribution in [0.3, 0.4) is 0 Å². The quantitative estimate of drug-likeness (QED) is 0.586. The third-order valence-electron chi connectivity index (χ3n) is 3.05. The first-order valence-corrected chi connectivity index (χ1v) is 7.93. The van der Waals surface area contributed by atoms with Crippen LogP contribution >= 0.6 is 11.3 Å². The normalized spacial score (nSPS) is 11.0. The lowest BCUT2D eigenvalue weighted by molar-refractivity contribution is 0.190. The van der Waals surface area contributed by atoms with Crippen LogP contribution < -0.4 is 10.2 Å². The van der Waals surface area contributed by atoms with E-state index in [4.69, 9.17) is 14.2 Å². The second-order valence-electron chi connectivity index (χ2n) is 4.65. The molecule has 0 saturated carbocycles. The minimum atomic E-state index is 0.684. The molecular formula is C14H27N3O3S. The predicted molar refractivity (Wildman–Crippen MR) is 86.4 cm³/mol. The Bertz CT molecular complexity index is 380. The minimum absolute atomic E-state index is 0.684. The van der Waals surface area contributed by atoms with Gasteiger partial charge in [0.15, 0.2) is 5.13 Å². The van der Waals surface area contributed by atoms with Crippen molar-refractivity contribution in [2.45, 2.75) is 13.5 Å². The van der Waals surface area contributed by atoms with Crippen LogP contribution in [0.1, 0.15) is 10.6 Å². The van der Waals surface area contributed by atoms with Gasteiger partial charge >= 0.3 is 0 Å².